The molecule has 0 radical (unpaired) electrons. The van der Waals surface area contributed by atoms with Crippen molar-refractivity contribution in [3.63, 3.8) is 0 Å². The molecule has 8 heteroatoms. The van der Waals surface area contributed by atoms with Crippen molar-refractivity contribution in [2.75, 3.05) is 6.61 Å². The normalized spacial score (nSPS) is 11.2. The van der Waals surface area contributed by atoms with Gasteiger partial charge in [-0.3, -0.25) is 4.98 Å². The molecule has 31 heavy (non-hydrogen) atoms. The largest absolute Gasteiger partial charge is 0.463 e. The molecule has 1 aromatic carbocycles. The molecule has 1 N–H and O–H groups in total. The minimum Gasteiger partial charge on any atom is -0.463 e. The van der Waals surface area contributed by atoms with Crippen molar-refractivity contribution in [2.45, 2.75) is 39.8 Å². The van der Waals surface area contributed by atoms with Gasteiger partial charge in [-0.15, -0.1) is 0 Å². The summed E-state index contributed by atoms with van der Waals surface area (Å²) in [4.78, 5) is 17.8. The summed E-state index contributed by atoms with van der Waals surface area (Å²) >= 11 is 0. The lowest BCUT2D eigenvalue weighted by Crippen LogP contribution is -2.06. The van der Waals surface area contributed by atoms with E-state index in [-0.39, 0.29) is 6.61 Å². The zero-order valence-electron chi connectivity index (χ0n) is 17.5. The molecule has 4 rings (SSSR count). The molecule has 0 aliphatic carbocycles. The van der Waals surface area contributed by atoms with Crippen molar-refractivity contribution in [3.05, 3.63) is 65.4 Å². The Kier molecular flexibility index (Phi) is 6.18. The van der Waals surface area contributed by atoms with E-state index in [0.717, 1.165) is 30.2 Å². The number of aromatic nitrogens is 5. The lowest BCUT2D eigenvalue weighted by molar-refractivity contribution is 0.282. The van der Waals surface area contributed by atoms with Gasteiger partial charge in [0.05, 0.1) is 31.6 Å². The summed E-state index contributed by atoms with van der Waals surface area (Å²) < 4.78 is 21.6. The van der Waals surface area contributed by atoms with Crippen LogP contribution in [0.2, 0.25) is 0 Å². The van der Waals surface area contributed by atoms with Gasteiger partial charge in [-0.05, 0) is 30.5 Å². The van der Waals surface area contributed by atoms with E-state index >= 15 is 0 Å². The number of aryl methyl sites for hydroxylation is 1. The minimum atomic E-state index is -0.435. The number of nitrogens with zero attached hydrogens (tertiary/aromatic N) is 5. The lowest BCUT2D eigenvalue weighted by Gasteiger charge is -2.10. The second-order valence-corrected chi connectivity index (χ2v) is 7.35. The van der Waals surface area contributed by atoms with Crippen LogP contribution in [0.15, 0.2) is 42.7 Å². The highest BCUT2D eigenvalue weighted by atomic mass is 19.1. The van der Waals surface area contributed by atoms with E-state index in [2.05, 4.69) is 21.9 Å². The molecule has 0 aliphatic heterocycles. The van der Waals surface area contributed by atoms with Crippen LogP contribution in [0.3, 0.4) is 0 Å². The molecular formula is C23H24FN5O2. The van der Waals surface area contributed by atoms with Crippen LogP contribution in [-0.4, -0.2) is 36.2 Å². The van der Waals surface area contributed by atoms with Crippen molar-refractivity contribution < 1.29 is 14.2 Å². The molecule has 7 nitrogen and oxygen atoms in total. The van der Waals surface area contributed by atoms with Crippen LogP contribution in [0.4, 0.5) is 4.39 Å². The van der Waals surface area contributed by atoms with Gasteiger partial charge in [-0.1, -0.05) is 37.6 Å². The predicted molar refractivity (Wildman–Crippen MR) is 115 cm³/mol. The number of aliphatic hydroxyl groups excluding tert-OH is 1. The first-order chi connectivity index (χ1) is 15.1. The molecule has 0 atom stereocenters. The molecular weight excluding hydrogens is 397 g/mol. The standard InChI is InChI=1S/C23H24FN5O2/c1-3-4-9-31-23-26-15(2)20-22(28-23)29(13-16-5-7-17(14-30)8-6-16)21(27-20)18-10-19(24)12-25-11-18/h5-8,10-12,30H,3-4,9,13-14H2,1-2H3. The molecule has 4 aromatic rings. The van der Waals surface area contributed by atoms with E-state index in [4.69, 9.17) is 9.72 Å². The average Bonchev–Trinajstić information content (AvgIpc) is 3.13. The van der Waals surface area contributed by atoms with Gasteiger partial charge in [0.15, 0.2) is 5.65 Å². The van der Waals surface area contributed by atoms with E-state index in [1.165, 1.54) is 6.07 Å². The van der Waals surface area contributed by atoms with Crippen molar-refractivity contribution >= 4 is 11.2 Å². The van der Waals surface area contributed by atoms with E-state index in [1.54, 1.807) is 6.20 Å². The third-order valence-electron chi connectivity index (χ3n) is 4.99. The summed E-state index contributed by atoms with van der Waals surface area (Å²) in [5.74, 6) is 0.117. The van der Waals surface area contributed by atoms with Crippen LogP contribution >= 0.6 is 0 Å². The highest BCUT2D eigenvalue weighted by Crippen LogP contribution is 2.27. The number of aliphatic hydroxyl groups is 1. The van der Waals surface area contributed by atoms with Crippen LogP contribution in [0.25, 0.3) is 22.6 Å². The Balaban J connectivity index is 1.84. The third kappa shape index (κ3) is 4.54. The van der Waals surface area contributed by atoms with Crippen LogP contribution in [0, 0.1) is 12.7 Å². The number of ether oxygens (including phenoxy) is 1. The maximum atomic E-state index is 13.9. The summed E-state index contributed by atoms with van der Waals surface area (Å²) in [6.07, 6.45) is 4.67. The second kappa shape index (κ2) is 9.18. The second-order valence-electron chi connectivity index (χ2n) is 7.35. The number of rotatable bonds is 8. The number of halogens is 1. The number of pyridine rings is 1. The van der Waals surface area contributed by atoms with Gasteiger partial charge in [0, 0.05) is 11.8 Å². The Bertz CT molecular complexity index is 1190. The van der Waals surface area contributed by atoms with Crippen molar-refractivity contribution in [1.29, 1.82) is 0 Å². The van der Waals surface area contributed by atoms with Crippen molar-refractivity contribution in [3.8, 4) is 17.4 Å². The number of hydrogen-bond donors (Lipinski definition) is 1. The number of benzene rings is 1. The molecule has 3 aromatic heterocycles. The van der Waals surface area contributed by atoms with Crippen molar-refractivity contribution in [2.24, 2.45) is 0 Å². The van der Waals surface area contributed by atoms with E-state index < -0.39 is 5.82 Å². The number of fused-ring (bicyclic) bond motifs is 1. The van der Waals surface area contributed by atoms with Gasteiger partial charge in [0.1, 0.15) is 17.2 Å². The Hall–Kier alpha value is -3.39. The van der Waals surface area contributed by atoms with Crippen LogP contribution in [-0.2, 0) is 13.2 Å². The van der Waals surface area contributed by atoms with Crippen LogP contribution in [0.1, 0.15) is 36.6 Å². The summed E-state index contributed by atoms with van der Waals surface area (Å²) in [5.41, 5.74) is 4.32. The molecule has 0 saturated heterocycles. The summed E-state index contributed by atoms with van der Waals surface area (Å²) in [7, 11) is 0. The van der Waals surface area contributed by atoms with Gasteiger partial charge in [0.2, 0.25) is 0 Å². The third-order valence-corrected chi connectivity index (χ3v) is 4.99. The molecule has 0 amide bonds. The summed E-state index contributed by atoms with van der Waals surface area (Å²) in [6, 6.07) is 9.34. The lowest BCUT2D eigenvalue weighted by atomic mass is 10.1. The monoisotopic (exact) mass is 421 g/mol. The zero-order valence-corrected chi connectivity index (χ0v) is 17.5. The molecule has 160 valence electrons. The fourth-order valence-electron chi connectivity index (χ4n) is 3.32. The first kappa shape index (κ1) is 20.9. The fraction of sp³-hybridized carbons (Fsp3) is 0.304. The molecule has 0 fully saturated rings. The Morgan fingerprint density at radius 2 is 1.84 bits per heavy atom. The first-order valence-corrected chi connectivity index (χ1v) is 10.3. The first-order valence-electron chi connectivity index (χ1n) is 10.3. The molecule has 0 spiro atoms. The smallest absolute Gasteiger partial charge is 0.318 e. The van der Waals surface area contributed by atoms with E-state index in [9.17, 15) is 9.50 Å². The Morgan fingerprint density at radius 3 is 2.55 bits per heavy atom. The predicted octanol–water partition coefficient (Wildman–Crippen LogP) is 4.06. The van der Waals surface area contributed by atoms with Gasteiger partial charge >= 0.3 is 6.01 Å². The molecule has 3 heterocycles. The van der Waals surface area contributed by atoms with Gasteiger partial charge < -0.3 is 14.4 Å². The topological polar surface area (TPSA) is 86.0 Å². The maximum Gasteiger partial charge on any atom is 0.318 e. The number of unbranched alkanes of at least 4 members (excludes halogenated alkanes) is 1. The van der Waals surface area contributed by atoms with Crippen LogP contribution in [0.5, 0.6) is 6.01 Å². The zero-order chi connectivity index (χ0) is 21.8. The number of hydrogen-bond acceptors (Lipinski definition) is 6. The fourth-order valence-corrected chi connectivity index (χ4v) is 3.32. The quantitative estimate of drug-likeness (QED) is 0.432. The SMILES string of the molecule is CCCCOc1nc(C)c2nc(-c3cncc(F)c3)n(Cc3ccc(CO)cc3)c2n1. The molecule has 0 bridgehead atoms. The molecule has 0 saturated carbocycles. The molecule has 0 aliphatic rings. The van der Waals surface area contributed by atoms with Gasteiger partial charge in [0.25, 0.3) is 0 Å². The highest BCUT2D eigenvalue weighted by molar-refractivity contribution is 5.79. The van der Waals surface area contributed by atoms with Gasteiger partial charge in [-0.25, -0.2) is 9.37 Å². The number of imidazole rings is 1. The van der Waals surface area contributed by atoms with Crippen molar-refractivity contribution in [1.82, 2.24) is 24.5 Å². The van der Waals surface area contributed by atoms with E-state index in [0.29, 0.717) is 47.4 Å². The Morgan fingerprint density at radius 1 is 1.06 bits per heavy atom. The average molecular weight is 421 g/mol. The molecule has 0 unspecified atom stereocenters. The Labute approximate surface area is 179 Å². The maximum absolute atomic E-state index is 13.9. The summed E-state index contributed by atoms with van der Waals surface area (Å²) in [5, 5.41) is 9.31. The minimum absolute atomic E-state index is 0.0145. The van der Waals surface area contributed by atoms with E-state index in [1.807, 2.05) is 35.8 Å². The van der Waals surface area contributed by atoms with Crippen LogP contribution < -0.4 is 4.74 Å². The van der Waals surface area contributed by atoms with Gasteiger partial charge in [-0.2, -0.15) is 9.97 Å². The highest BCUT2D eigenvalue weighted by Gasteiger charge is 2.19. The summed E-state index contributed by atoms with van der Waals surface area (Å²) in [6.45, 7) is 4.93.